The van der Waals surface area contributed by atoms with Crippen LogP contribution >= 0.6 is 0 Å². The molecule has 0 aromatic carbocycles. The number of hydrogen-bond donors (Lipinski definition) is 2. The Morgan fingerprint density at radius 2 is 2.33 bits per heavy atom. The Hall–Kier alpha value is -1.78. The van der Waals surface area contributed by atoms with Crippen molar-refractivity contribution in [1.82, 2.24) is 20.4 Å². The third kappa shape index (κ3) is 3.28. The predicted octanol–water partition coefficient (Wildman–Crippen LogP) is 2.61. The number of amides is 2. The van der Waals surface area contributed by atoms with Gasteiger partial charge in [-0.05, 0) is 31.1 Å². The lowest BCUT2D eigenvalue weighted by molar-refractivity contribution is 0.164. The number of rotatable bonds is 1. The molecule has 2 amide bonds. The SMILES string of the molecule is CC1(C)Cc2[nH]ncc2CN(C(=O)NC2CC=CCC2)C1. The topological polar surface area (TPSA) is 61.0 Å². The quantitative estimate of drug-likeness (QED) is 0.780. The average Bonchev–Trinajstić information content (AvgIpc) is 2.80. The Morgan fingerprint density at radius 1 is 1.48 bits per heavy atom. The largest absolute Gasteiger partial charge is 0.335 e. The fourth-order valence-electron chi connectivity index (χ4n) is 3.27. The van der Waals surface area contributed by atoms with Crippen molar-refractivity contribution < 1.29 is 4.79 Å². The highest BCUT2D eigenvalue weighted by Gasteiger charge is 2.31. The average molecular weight is 288 g/mol. The number of urea groups is 1. The highest BCUT2D eigenvalue weighted by molar-refractivity contribution is 5.74. The first-order valence-electron chi connectivity index (χ1n) is 7.75. The van der Waals surface area contributed by atoms with Gasteiger partial charge in [0.2, 0.25) is 0 Å². The van der Waals surface area contributed by atoms with Gasteiger partial charge in [0.25, 0.3) is 0 Å². The summed E-state index contributed by atoms with van der Waals surface area (Å²) in [7, 11) is 0. The van der Waals surface area contributed by atoms with Crippen LogP contribution in [0.4, 0.5) is 4.79 Å². The van der Waals surface area contributed by atoms with E-state index in [2.05, 4.69) is 41.5 Å². The zero-order valence-corrected chi connectivity index (χ0v) is 12.9. The minimum atomic E-state index is 0.0532. The number of nitrogens with one attached hydrogen (secondary N) is 2. The number of allylic oxidation sites excluding steroid dienone is 1. The van der Waals surface area contributed by atoms with Gasteiger partial charge in [-0.1, -0.05) is 26.0 Å². The maximum atomic E-state index is 12.6. The Bertz CT molecular complexity index is 546. The number of aromatic amines is 1. The van der Waals surface area contributed by atoms with Crippen LogP contribution in [0.15, 0.2) is 18.3 Å². The maximum Gasteiger partial charge on any atom is 0.317 e. The van der Waals surface area contributed by atoms with E-state index in [0.29, 0.717) is 6.54 Å². The van der Waals surface area contributed by atoms with Crippen LogP contribution in [0.5, 0.6) is 0 Å². The molecule has 2 heterocycles. The van der Waals surface area contributed by atoms with Crippen LogP contribution in [0, 0.1) is 5.41 Å². The maximum absolute atomic E-state index is 12.6. The molecule has 0 saturated carbocycles. The summed E-state index contributed by atoms with van der Waals surface area (Å²) in [4.78, 5) is 14.5. The number of carbonyl (C=O) groups is 1. The zero-order chi connectivity index (χ0) is 14.9. The van der Waals surface area contributed by atoms with Crippen molar-refractivity contribution in [3.05, 3.63) is 29.6 Å². The first kappa shape index (κ1) is 14.2. The number of hydrogen-bond acceptors (Lipinski definition) is 2. The third-order valence-corrected chi connectivity index (χ3v) is 4.33. The second-order valence-electron chi connectivity index (χ2n) is 7.00. The molecule has 1 unspecified atom stereocenters. The number of carbonyl (C=O) groups excluding carboxylic acids is 1. The van der Waals surface area contributed by atoms with E-state index in [9.17, 15) is 4.79 Å². The molecule has 2 N–H and O–H groups in total. The number of H-pyrrole nitrogens is 1. The van der Waals surface area contributed by atoms with Crippen LogP contribution in [-0.4, -0.2) is 33.7 Å². The highest BCUT2D eigenvalue weighted by atomic mass is 16.2. The first-order chi connectivity index (χ1) is 10.0. The van der Waals surface area contributed by atoms with Crippen molar-refractivity contribution >= 4 is 6.03 Å². The van der Waals surface area contributed by atoms with Gasteiger partial charge < -0.3 is 10.2 Å². The van der Waals surface area contributed by atoms with E-state index < -0.39 is 0 Å². The monoisotopic (exact) mass is 288 g/mol. The lowest BCUT2D eigenvalue weighted by Gasteiger charge is -2.31. The molecule has 114 valence electrons. The van der Waals surface area contributed by atoms with Crippen molar-refractivity contribution in [1.29, 1.82) is 0 Å². The van der Waals surface area contributed by atoms with Crippen LogP contribution < -0.4 is 5.32 Å². The summed E-state index contributed by atoms with van der Waals surface area (Å²) < 4.78 is 0. The Kier molecular flexibility index (Phi) is 3.74. The molecule has 5 heteroatoms. The van der Waals surface area contributed by atoms with Crippen molar-refractivity contribution in [2.24, 2.45) is 5.41 Å². The van der Waals surface area contributed by atoms with Crippen molar-refractivity contribution in [2.45, 2.75) is 52.1 Å². The number of aromatic nitrogens is 2. The highest BCUT2D eigenvalue weighted by Crippen LogP contribution is 2.29. The molecular formula is C16H24N4O. The number of fused-ring (bicyclic) bond motifs is 1. The van der Waals surface area contributed by atoms with E-state index in [-0.39, 0.29) is 17.5 Å². The van der Waals surface area contributed by atoms with Crippen molar-refractivity contribution in [3.8, 4) is 0 Å². The van der Waals surface area contributed by atoms with Gasteiger partial charge in [-0.15, -0.1) is 0 Å². The smallest absolute Gasteiger partial charge is 0.317 e. The minimum absolute atomic E-state index is 0.0532. The fourth-order valence-corrected chi connectivity index (χ4v) is 3.27. The summed E-state index contributed by atoms with van der Waals surface area (Å²) >= 11 is 0. The summed E-state index contributed by atoms with van der Waals surface area (Å²) in [6.45, 7) is 5.81. The predicted molar refractivity (Wildman–Crippen MR) is 81.8 cm³/mol. The molecule has 2 aliphatic rings. The van der Waals surface area contributed by atoms with Gasteiger partial charge in [0.15, 0.2) is 0 Å². The van der Waals surface area contributed by atoms with Crippen LogP contribution in [0.3, 0.4) is 0 Å². The minimum Gasteiger partial charge on any atom is -0.335 e. The van der Waals surface area contributed by atoms with Crippen molar-refractivity contribution in [3.63, 3.8) is 0 Å². The van der Waals surface area contributed by atoms with E-state index in [4.69, 9.17) is 0 Å². The molecule has 3 rings (SSSR count). The van der Waals surface area contributed by atoms with Gasteiger partial charge in [0, 0.05) is 23.8 Å². The standard InChI is InChI=1S/C16H24N4O/c1-16(2)8-14-12(9-17-19-14)10-20(11-16)15(21)18-13-6-4-3-5-7-13/h3-4,9,13H,5-8,10-11H2,1-2H3,(H,17,19)(H,18,21). The molecule has 0 radical (unpaired) electrons. The number of nitrogens with zero attached hydrogens (tertiary/aromatic N) is 2. The molecule has 0 bridgehead atoms. The fraction of sp³-hybridized carbons (Fsp3) is 0.625. The second-order valence-corrected chi connectivity index (χ2v) is 7.00. The Labute approximate surface area is 125 Å². The first-order valence-corrected chi connectivity index (χ1v) is 7.75. The Morgan fingerprint density at radius 3 is 3.10 bits per heavy atom. The van der Waals surface area contributed by atoms with Gasteiger partial charge >= 0.3 is 6.03 Å². The summed E-state index contributed by atoms with van der Waals surface area (Å²) in [5.41, 5.74) is 2.36. The summed E-state index contributed by atoms with van der Waals surface area (Å²) in [5.74, 6) is 0. The van der Waals surface area contributed by atoms with Crippen LogP contribution in [0.25, 0.3) is 0 Å². The van der Waals surface area contributed by atoms with Crippen molar-refractivity contribution in [2.75, 3.05) is 6.54 Å². The zero-order valence-electron chi connectivity index (χ0n) is 12.9. The van der Waals surface area contributed by atoms with Crippen LogP contribution in [0.2, 0.25) is 0 Å². The lowest BCUT2D eigenvalue weighted by atomic mass is 9.88. The van der Waals surface area contributed by atoms with E-state index in [1.807, 2.05) is 11.1 Å². The molecule has 1 aromatic heterocycles. The molecule has 1 aliphatic heterocycles. The van der Waals surface area contributed by atoms with Gasteiger partial charge in [0.1, 0.15) is 0 Å². The summed E-state index contributed by atoms with van der Waals surface area (Å²) in [6.07, 6.45) is 10.2. The van der Waals surface area contributed by atoms with Gasteiger partial charge in [-0.3, -0.25) is 5.10 Å². The molecule has 5 nitrogen and oxygen atoms in total. The molecule has 21 heavy (non-hydrogen) atoms. The lowest BCUT2D eigenvalue weighted by Crippen LogP contribution is -2.47. The Balaban J connectivity index is 1.71. The van der Waals surface area contributed by atoms with E-state index in [0.717, 1.165) is 43.5 Å². The molecule has 1 aromatic rings. The molecule has 0 fully saturated rings. The van der Waals surface area contributed by atoms with Gasteiger partial charge in [-0.2, -0.15) is 5.10 Å². The molecule has 0 saturated heterocycles. The third-order valence-electron chi connectivity index (χ3n) is 4.33. The molecule has 0 spiro atoms. The second kappa shape index (κ2) is 5.54. The van der Waals surface area contributed by atoms with E-state index in [1.165, 1.54) is 0 Å². The van der Waals surface area contributed by atoms with E-state index in [1.54, 1.807) is 0 Å². The summed E-state index contributed by atoms with van der Waals surface area (Å²) in [6, 6.07) is 0.329. The van der Waals surface area contributed by atoms with Crippen LogP contribution in [0.1, 0.15) is 44.4 Å². The van der Waals surface area contributed by atoms with Crippen LogP contribution in [-0.2, 0) is 13.0 Å². The molecular weight excluding hydrogens is 264 g/mol. The van der Waals surface area contributed by atoms with Gasteiger partial charge in [0.05, 0.1) is 12.7 Å². The molecule has 1 atom stereocenters. The summed E-state index contributed by atoms with van der Waals surface area (Å²) in [5, 5.41) is 10.4. The van der Waals surface area contributed by atoms with Gasteiger partial charge in [-0.25, -0.2) is 4.79 Å². The molecule has 1 aliphatic carbocycles. The van der Waals surface area contributed by atoms with E-state index >= 15 is 0 Å². The normalized spacial score (nSPS) is 24.3.